The third-order valence-corrected chi connectivity index (χ3v) is 2.50. The van der Waals surface area contributed by atoms with Gasteiger partial charge in [0.1, 0.15) is 5.75 Å². The number of hydrogen-bond donors (Lipinski definition) is 1. The minimum Gasteiger partial charge on any atom is -0.483 e. The molecule has 2 aromatic carbocycles. The molecular weight excluding hydrogens is 259 g/mol. The molecule has 100 valence electrons. The van der Waals surface area contributed by atoms with E-state index >= 15 is 0 Å². The van der Waals surface area contributed by atoms with Gasteiger partial charge in [0.15, 0.2) is 6.61 Å². The number of rotatable bonds is 3. The highest BCUT2D eigenvalue weighted by Crippen LogP contribution is 2.27. The van der Waals surface area contributed by atoms with E-state index in [-0.39, 0.29) is 11.3 Å². The van der Waals surface area contributed by atoms with Crippen LogP contribution in [0.4, 0.5) is 13.2 Å². The predicted molar refractivity (Wildman–Crippen MR) is 64.0 cm³/mol. The first-order chi connectivity index (χ1) is 8.87. The van der Waals surface area contributed by atoms with Gasteiger partial charge in [0.05, 0.1) is 5.56 Å². The van der Waals surface area contributed by atoms with E-state index in [9.17, 15) is 18.0 Å². The van der Waals surface area contributed by atoms with Crippen molar-refractivity contribution in [3.05, 3.63) is 42.0 Å². The van der Waals surface area contributed by atoms with E-state index in [0.717, 1.165) is 0 Å². The lowest BCUT2D eigenvalue weighted by molar-refractivity contribution is -0.153. The average Bonchev–Trinajstić information content (AvgIpc) is 2.34. The summed E-state index contributed by atoms with van der Waals surface area (Å²) in [5, 5.41) is 1.38. The van der Waals surface area contributed by atoms with E-state index in [1.165, 1.54) is 12.1 Å². The number of carbonyl (C=O) groups excluding carboxylic acids is 1. The van der Waals surface area contributed by atoms with Gasteiger partial charge in [-0.1, -0.05) is 24.3 Å². The summed E-state index contributed by atoms with van der Waals surface area (Å²) in [6, 6.07) is 9.73. The van der Waals surface area contributed by atoms with Crippen LogP contribution in [0.15, 0.2) is 36.4 Å². The number of carbonyl (C=O) groups is 1. The van der Waals surface area contributed by atoms with Gasteiger partial charge in [-0.15, -0.1) is 0 Å². The van der Waals surface area contributed by atoms with Gasteiger partial charge in [-0.05, 0) is 22.9 Å². The largest absolute Gasteiger partial charge is 0.483 e. The fourth-order valence-corrected chi connectivity index (χ4v) is 1.69. The molecule has 0 saturated heterocycles. The van der Waals surface area contributed by atoms with E-state index < -0.39 is 18.7 Å². The molecular formula is C13H10F3NO2. The molecule has 0 aliphatic rings. The first kappa shape index (κ1) is 13.2. The van der Waals surface area contributed by atoms with Gasteiger partial charge in [0.2, 0.25) is 0 Å². The molecule has 0 heterocycles. The molecule has 0 unspecified atom stereocenters. The van der Waals surface area contributed by atoms with E-state index in [2.05, 4.69) is 4.74 Å². The molecule has 0 aliphatic carbocycles. The second-order valence-electron chi connectivity index (χ2n) is 3.96. The van der Waals surface area contributed by atoms with E-state index in [0.29, 0.717) is 10.8 Å². The molecule has 3 nitrogen and oxygen atoms in total. The fourth-order valence-electron chi connectivity index (χ4n) is 1.69. The van der Waals surface area contributed by atoms with Gasteiger partial charge in [-0.2, -0.15) is 13.2 Å². The molecule has 0 spiro atoms. The molecule has 2 N–H and O–H groups in total. The monoisotopic (exact) mass is 269 g/mol. The van der Waals surface area contributed by atoms with Crippen LogP contribution in [0.2, 0.25) is 0 Å². The highest BCUT2D eigenvalue weighted by Gasteiger charge is 2.29. The third-order valence-electron chi connectivity index (χ3n) is 2.50. The topological polar surface area (TPSA) is 52.3 Å². The lowest BCUT2D eigenvalue weighted by Crippen LogP contribution is -2.21. The second-order valence-corrected chi connectivity index (χ2v) is 3.96. The van der Waals surface area contributed by atoms with Gasteiger partial charge < -0.3 is 10.5 Å². The van der Waals surface area contributed by atoms with Crippen molar-refractivity contribution < 1.29 is 22.7 Å². The quantitative estimate of drug-likeness (QED) is 0.931. The molecule has 2 aromatic rings. The maximum Gasteiger partial charge on any atom is 0.422 e. The first-order valence-electron chi connectivity index (χ1n) is 5.39. The summed E-state index contributed by atoms with van der Waals surface area (Å²) in [5.74, 6) is -0.994. The van der Waals surface area contributed by atoms with Crippen LogP contribution < -0.4 is 10.5 Å². The summed E-state index contributed by atoms with van der Waals surface area (Å²) in [6.07, 6.45) is -4.47. The van der Waals surface area contributed by atoms with Gasteiger partial charge in [0.25, 0.3) is 5.91 Å². The minimum absolute atomic E-state index is 0.0667. The van der Waals surface area contributed by atoms with Crippen molar-refractivity contribution in [3.8, 4) is 5.75 Å². The predicted octanol–water partition coefficient (Wildman–Crippen LogP) is 2.88. The summed E-state index contributed by atoms with van der Waals surface area (Å²) in [6.45, 7) is -1.47. The summed E-state index contributed by atoms with van der Waals surface area (Å²) >= 11 is 0. The van der Waals surface area contributed by atoms with Crippen LogP contribution in [0.1, 0.15) is 10.4 Å². The van der Waals surface area contributed by atoms with Crippen molar-refractivity contribution in [2.75, 3.05) is 6.61 Å². The molecule has 0 saturated carbocycles. The van der Waals surface area contributed by atoms with Crippen LogP contribution in [0.25, 0.3) is 10.8 Å². The van der Waals surface area contributed by atoms with Crippen molar-refractivity contribution in [2.45, 2.75) is 6.18 Å². The molecule has 0 aliphatic heterocycles. The first-order valence-corrected chi connectivity index (χ1v) is 5.39. The van der Waals surface area contributed by atoms with E-state index in [1.54, 1.807) is 24.3 Å². The Hall–Kier alpha value is -2.24. The van der Waals surface area contributed by atoms with Crippen LogP contribution in [0.3, 0.4) is 0 Å². The number of hydrogen-bond acceptors (Lipinski definition) is 2. The third kappa shape index (κ3) is 3.15. The maximum atomic E-state index is 12.1. The Balaban J connectivity index is 2.45. The number of ether oxygens (including phenoxy) is 1. The van der Waals surface area contributed by atoms with Crippen molar-refractivity contribution in [1.82, 2.24) is 0 Å². The Morgan fingerprint density at radius 1 is 1.16 bits per heavy atom. The zero-order valence-electron chi connectivity index (χ0n) is 9.70. The highest BCUT2D eigenvalue weighted by atomic mass is 19.4. The minimum atomic E-state index is -4.47. The number of primary amides is 1. The number of benzene rings is 2. The standard InChI is InChI=1S/C13H10F3NO2/c14-13(15,16)7-19-11-6-9-4-2-1-3-8(9)5-10(11)12(17)18/h1-6H,7H2,(H2,17,18). The molecule has 19 heavy (non-hydrogen) atoms. The van der Waals surface area contributed by atoms with Crippen LogP contribution in [-0.4, -0.2) is 18.7 Å². The van der Waals surface area contributed by atoms with Crippen molar-refractivity contribution in [2.24, 2.45) is 5.73 Å². The van der Waals surface area contributed by atoms with Crippen molar-refractivity contribution in [1.29, 1.82) is 0 Å². The summed E-state index contributed by atoms with van der Waals surface area (Å²) < 4.78 is 41.1. The Kier molecular flexibility index (Phi) is 3.33. The van der Waals surface area contributed by atoms with Gasteiger partial charge in [-0.3, -0.25) is 4.79 Å². The zero-order chi connectivity index (χ0) is 14.0. The molecule has 0 radical (unpaired) electrons. The summed E-state index contributed by atoms with van der Waals surface area (Å²) in [7, 11) is 0. The SMILES string of the molecule is NC(=O)c1cc2ccccc2cc1OCC(F)(F)F. The molecule has 0 fully saturated rings. The summed E-state index contributed by atoms with van der Waals surface area (Å²) in [5.41, 5.74) is 5.08. The van der Waals surface area contributed by atoms with E-state index in [1.807, 2.05) is 0 Å². The van der Waals surface area contributed by atoms with Crippen LogP contribution in [0.5, 0.6) is 5.75 Å². The molecule has 0 atom stereocenters. The van der Waals surface area contributed by atoms with Crippen molar-refractivity contribution in [3.63, 3.8) is 0 Å². The van der Waals surface area contributed by atoms with Gasteiger partial charge in [-0.25, -0.2) is 0 Å². The zero-order valence-corrected chi connectivity index (χ0v) is 9.70. The molecule has 0 bridgehead atoms. The Morgan fingerprint density at radius 3 is 2.26 bits per heavy atom. The van der Waals surface area contributed by atoms with Gasteiger partial charge in [0, 0.05) is 0 Å². The number of amides is 1. The van der Waals surface area contributed by atoms with Gasteiger partial charge >= 0.3 is 6.18 Å². The van der Waals surface area contributed by atoms with Crippen molar-refractivity contribution >= 4 is 16.7 Å². The molecule has 2 rings (SSSR count). The van der Waals surface area contributed by atoms with Crippen LogP contribution in [0, 0.1) is 0 Å². The van der Waals surface area contributed by atoms with Crippen LogP contribution >= 0.6 is 0 Å². The Labute approximate surface area is 106 Å². The highest BCUT2D eigenvalue weighted by molar-refractivity contribution is 6.00. The maximum absolute atomic E-state index is 12.1. The summed E-state index contributed by atoms with van der Waals surface area (Å²) in [4.78, 5) is 11.3. The Bertz CT molecular complexity index is 623. The number of nitrogens with two attached hydrogens (primary N) is 1. The second kappa shape index (κ2) is 4.79. The molecule has 0 aromatic heterocycles. The molecule has 6 heteroatoms. The van der Waals surface area contributed by atoms with E-state index in [4.69, 9.17) is 5.73 Å². The number of halogens is 3. The molecule has 1 amide bonds. The smallest absolute Gasteiger partial charge is 0.422 e. The fraction of sp³-hybridized carbons (Fsp3) is 0.154. The number of fused-ring (bicyclic) bond motifs is 1. The average molecular weight is 269 g/mol. The number of alkyl halides is 3. The lowest BCUT2D eigenvalue weighted by Gasteiger charge is -2.12. The van der Waals surface area contributed by atoms with Crippen LogP contribution in [-0.2, 0) is 0 Å². The normalized spacial score (nSPS) is 11.5. The lowest BCUT2D eigenvalue weighted by atomic mass is 10.1. The Morgan fingerprint density at radius 2 is 1.74 bits per heavy atom.